The van der Waals surface area contributed by atoms with E-state index < -0.39 is 18.1 Å². The van der Waals surface area contributed by atoms with Gasteiger partial charge < -0.3 is 25.2 Å². The monoisotopic (exact) mass is 466 g/mol. The molecule has 8 nitrogen and oxygen atoms in total. The fourth-order valence-electron chi connectivity index (χ4n) is 4.33. The predicted molar refractivity (Wildman–Crippen MR) is 125 cm³/mol. The number of alkyl carbamates (subject to hydrolysis) is 1. The molecule has 34 heavy (non-hydrogen) atoms. The third-order valence-electron chi connectivity index (χ3n) is 6.22. The number of ether oxygens (including phenoxy) is 2. The van der Waals surface area contributed by atoms with Crippen LogP contribution in [0, 0.1) is 5.92 Å². The number of hydrogen-bond acceptors (Lipinski definition) is 5. The summed E-state index contributed by atoms with van der Waals surface area (Å²) in [5, 5.41) is 14.1. The highest BCUT2D eigenvalue weighted by molar-refractivity contribution is 5.85. The van der Waals surface area contributed by atoms with E-state index in [1.54, 1.807) is 0 Å². The minimum atomic E-state index is -0.930. The number of carbonyl (C=O) groups excluding carboxylic acids is 2. The molecule has 0 heterocycles. The fraction of sp³-hybridized carbons (Fsp3) is 0.423. The van der Waals surface area contributed by atoms with Crippen LogP contribution >= 0.6 is 0 Å². The number of carboxylic acid groups (broad SMARTS) is 1. The summed E-state index contributed by atoms with van der Waals surface area (Å²) < 4.78 is 10.8. The Labute approximate surface area is 198 Å². The first-order valence-corrected chi connectivity index (χ1v) is 11.7. The van der Waals surface area contributed by atoms with E-state index in [1.807, 2.05) is 24.3 Å². The molecule has 180 valence electrons. The third-order valence-corrected chi connectivity index (χ3v) is 6.22. The van der Waals surface area contributed by atoms with Gasteiger partial charge in [-0.05, 0) is 34.6 Å². The van der Waals surface area contributed by atoms with Crippen molar-refractivity contribution >= 4 is 18.0 Å². The van der Waals surface area contributed by atoms with Gasteiger partial charge in [-0.3, -0.25) is 9.59 Å². The molecule has 0 spiro atoms. The molecule has 0 saturated heterocycles. The lowest BCUT2D eigenvalue weighted by Crippen LogP contribution is -2.48. The minimum Gasteiger partial charge on any atom is -0.481 e. The first-order chi connectivity index (χ1) is 16.5. The topological polar surface area (TPSA) is 114 Å². The molecular weight excluding hydrogens is 436 g/mol. The van der Waals surface area contributed by atoms with Crippen molar-refractivity contribution in [3.8, 4) is 11.1 Å². The van der Waals surface area contributed by atoms with Crippen LogP contribution in [0.15, 0.2) is 48.5 Å². The van der Waals surface area contributed by atoms with Crippen molar-refractivity contribution in [2.75, 3.05) is 26.4 Å². The minimum absolute atomic E-state index is 0.0446. The van der Waals surface area contributed by atoms with Crippen LogP contribution < -0.4 is 10.6 Å². The van der Waals surface area contributed by atoms with E-state index in [-0.39, 0.29) is 44.6 Å². The zero-order chi connectivity index (χ0) is 23.9. The first kappa shape index (κ1) is 23.8. The maximum Gasteiger partial charge on any atom is 0.407 e. The Bertz CT molecular complexity index is 990. The molecule has 1 unspecified atom stereocenters. The molecule has 2 aromatic carbocycles. The van der Waals surface area contributed by atoms with E-state index in [0.29, 0.717) is 12.3 Å². The third kappa shape index (κ3) is 6.14. The number of hydrogen-bond donors (Lipinski definition) is 3. The van der Waals surface area contributed by atoms with Crippen LogP contribution in [0.25, 0.3) is 11.1 Å². The second kappa shape index (κ2) is 11.2. The molecule has 0 aromatic heterocycles. The molecule has 1 fully saturated rings. The number of aliphatic carboxylic acids is 1. The number of nitrogens with one attached hydrogen (secondary N) is 2. The highest BCUT2D eigenvalue weighted by Gasteiger charge is 2.32. The Hall–Kier alpha value is -3.39. The van der Waals surface area contributed by atoms with Crippen LogP contribution in [0.1, 0.15) is 42.7 Å². The first-order valence-electron chi connectivity index (χ1n) is 11.7. The number of fused-ring (bicyclic) bond motifs is 3. The van der Waals surface area contributed by atoms with Gasteiger partial charge in [-0.15, -0.1) is 0 Å². The average Bonchev–Trinajstić information content (AvgIpc) is 3.59. The van der Waals surface area contributed by atoms with Crippen molar-refractivity contribution in [1.29, 1.82) is 0 Å². The maximum atomic E-state index is 12.6. The average molecular weight is 467 g/mol. The largest absolute Gasteiger partial charge is 0.481 e. The van der Waals surface area contributed by atoms with Crippen molar-refractivity contribution in [3.63, 3.8) is 0 Å². The second-order valence-corrected chi connectivity index (χ2v) is 8.75. The van der Waals surface area contributed by atoms with Crippen molar-refractivity contribution in [2.24, 2.45) is 5.92 Å². The van der Waals surface area contributed by atoms with E-state index in [2.05, 4.69) is 34.9 Å². The molecule has 2 amide bonds. The van der Waals surface area contributed by atoms with Crippen molar-refractivity contribution in [3.05, 3.63) is 59.7 Å². The number of carboxylic acids is 1. The van der Waals surface area contributed by atoms with Crippen LogP contribution in [0.5, 0.6) is 0 Å². The standard InChI is InChI=1S/C26H30N2O6/c29-24(30)11-13-33-14-12-27-25(31)23(15-17-9-10-17)28-26(32)34-16-22-20-7-3-1-5-18(20)19-6-2-4-8-21(19)22/h1-8,17,22-23H,9-16H2,(H,27,31)(H,28,32)(H,29,30). The zero-order valence-electron chi connectivity index (χ0n) is 19.0. The fourth-order valence-corrected chi connectivity index (χ4v) is 4.33. The van der Waals surface area contributed by atoms with Gasteiger partial charge in [-0.2, -0.15) is 0 Å². The second-order valence-electron chi connectivity index (χ2n) is 8.75. The van der Waals surface area contributed by atoms with Crippen LogP contribution in [0.3, 0.4) is 0 Å². The van der Waals surface area contributed by atoms with Gasteiger partial charge in [0.1, 0.15) is 12.6 Å². The quantitative estimate of drug-likeness (QED) is 0.414. The lowest BCUT2D eigenvalue weighted by Gasteiger charge is -2.20. The lowest BCUT2D eigenvalue weighted by atomic mass is 9.98. The van der Waals surface area contributed by atoms with Crippen LogP contribution in [-0.4, -0.2) is 55.5 Å². The summed E-state index contributed by atoms with van der Waals surface area (Å²) in [6, 6.07) is 15.6. The van der Waals surface area contributed by atoms with Crippen LogP contribution in [0.4, 0.5) is 4.79 Å². The summed E-state index contributed by atoms with van der Waals surface area (Å²) in [6.45, 7) is 0.732. The highest BCUT2D eigenvalue weighted by Crippen LogP contribution is 2.44. The molecule has 2 aliphatic carbocycles. The van der Waals surface area contributed by atoms with E-state index in [1.165, 1.54) is 0 Å². The summed E-state index contributed by atoms with van der Waals surface area (Å²) in [5.41, 5.74) is 4.57. The van der Waals surface area contributed by atoms with E-state index in [9.17, 15) is 14.4 Å². The molecule has 4 rings (SSSR count). The predicted octanol–water partition coefficient (Wildman–Crippen LogP) is 3.30. The van der Waals surface area contributed by atoms with Crippen LogP contribution in [-0.2, 0) is 19.1 Å². The van der Waals surface area contributed by atoms with Gasteiger partial charge in [-0.25, -0.2) is 4.79 Å². The number of rotatable bonds is 12. The summed E-state index contributed by atoms with van der Waals surface area (Å²) in [7, 11) is 0. The molecule has 1 saturated carbocycles. The molecular formula is C26H30N2O6. The van der Waals surface area contributed by atoms with Gasteiger partial charge >= 0.3 is 12.1 Å². The molecule has 0 bridgehead atoms. The molecule has 0 radical (unpaired) electrons. The van der Waals surface area contributed by atoms with E-state index in [4.69, 9.17) is 14.6 Å². The van der Waals surface area contributed by atoms with Crippen LogP contribution in [0.2, 0.25) is 0 Å². The summed E-state index contributed by atoms with van der Waals surface area (Å²) in [4.78, 5) is 35.8. The summed E-state index contributed by atoms with van der Waals surface area (Å²) in [5.74, 6) is -0.837. The molecule has 2 aliphatic rings. The number of benzene rings is 2. The summed E-state index contributed by atoms with van der Waals surface area (Å²) in [6.07, 6.45) is 1.97. The highest BCUT2D eigenvalue weighted by atomic mass is 16.5. The van der Waals surface area contributed by atoms with E-state index in [0.717, 1.165) is 35.1 Å². The molecule has 2 aromatic rings. The van der Waals surface area contributed by atoms with Crippen molar-refractivity contribution in [2.45, 2.75) is 37.6 Å². The Kier molecular flexibility index (Phi) is 7.80. The normalized spacial score (nSPS) is 15.2. The van der Waals surface area contributed by atoms with Crippen molar-refractivity contribution < 1.29 is 29.0 Å². The van der Waals surface area contributed by atoms with Gasteiger partial charge in [0.25, 0.3) is 0 Å². The van der Waals surface area contributed by atoms with Crippen molar-refractivity contribution in [1.82, 2.24) is 10.6 Å². The maximum absolute atomic E-state index is 12.6. The lowest BCUT2D eigenvalue weighted by molar-refractivity contribution is -0.138. The number of amides is 2. The van der Waals surface area contributed by atoms with Gasteiger partial charge in [-0.1, -0.05) is 61.4 Å². The summed E-state index contributed by atoms with van der Waals surface area (Å²) >= 11 is 0. The smallest absolute Gasteiger partial charge is 0.407 e. The molecule has 8 heteroatoms. The van der Waals surface area contributed by atoms with Gasteiger partial charge in [0.05, 0.1) is 19.6 Å². The van der Waals surface area contributed by atoms with Gasteiger partial charge in [0.15, 0.2) is 0 Å². The Morgan fingerprint density at radius 3 is 2.24 bits per heavy atom. The SMILES string of the molecule is O=C(O)CCOCCNC(=O)C(CC1CC1)NC(=O)OCC1c2ccccc2-c2ccccc21. The molecule has 3 N–H and O–H groups in total. The Morgan fingerprint density at radius 2 is 1.62 bits per heavy atom. The Morgan fingerprint density at radius 1 is 0.971 bits per heavy atom. The molecule has 1 atom stereocenters. The van der Waals surface area contributed by atoms with Gasteiger partial charge in [0.2, 0.25) is 5.91 Å². The molecule has 0 aliphatic heterocycles. The van der Waals surface area contributed by atoms with E-state index >= 15 is 0 Å². The zero-order valence-corrected chi connectivity index (χ0v) is 19.0. The van der Waals surface area contributed by atoms with Gasteiger partial charge in [0, 0.05) is 12.5 Å². The Balaban J connectivity index is 1.29. The number of carbonyl (C=O) groups is 3.